The molecule has 1 aromatic carbocycles. The number of hydrogen-bond acceptors (Lipinski definition) is 3. The van der Waals surface area contributed by atoms with E-state index in [1.807, 2.05) is 18.2 Å². The summed E-state index contributed by atoms with van der Waals surface area (Å²) in [6, 6.07) is 5.87. The number of fused-ring (bicyclic) bond motifs is 1. The van der Waals surface area contributed by atoms with Gasteiger partial charge in [-0.3, -0.25) is 5.10 Å². The van der Waals surface area contributed by atoms with Crippen LogP contribution in [0.2, 0.25) is 5.02 Å². The molecule has 4 nitrogen and oxygen atoms in total. The fourth-order valence-electron chi connectivity index (χ4n) is 2.83. The van der Waals surface area contributed by atoms with Crippen molar-refractivity contribution >= 4 is 28.3 Å². The summed E-state index contributed by atoms with van der Waals surface area (Å²) < 4.78 is 5.61. The number of nitrogens with one attached hydrogen (secondary N) is 1. The summed E-state index contributed by atoms with van der Waals surface area (Å²) >= 11 is 6.32. The smallest absolute Gasteiger partial charge is 0.160 e. The van der Waals surface area contributed by atoms with Gasteiger partial charge in [0.25, 0.3) is 0 Å². The molecule has 2 heterocycles. The Morgan fingerprint density at radius 2 is 2.28 bits per heavy atom. The van der Waals surface area contributed by atoms with E-state index < -0.39 is 0 Å². The highest BCUT2D eigenvalue weighted by Crippen LogP contribution is 2.47. The molecule has 1 aliphatic carbocycles. The van der Waals surface area contributed by atoms with Gasteiger partial charge in [-0.2, -0.15) is 5.10 Å². The highest BCUT2D eigenvalue weighted by Gasteiger charge is 2.51. The first-order valence-electron chi connectivity index (χ1n) is 6.28. The Labute approximate surface area is 110 Å². The molecule has 1 aliphatic heterocycles. The van der Waals surface area contributed by atoms with E-state index in [-0.39, 0.29) is 5.54 Å². The van der Waals surface area contributed by atoms with E-state index in [0.717, 1.165) is 41.5 Å². The van der Waals surface area contributed by atoms with Crippen molar-refractivity contribution in [2.75, 3.05) is 24.7 Å². The maximum atomic E-state index is 6.32. The summed E-state index contributed by atoms with van der Waals surface area (Å²) in [6.45, 7) is 2.47. The number of benzene rings is 1. The van der Waals surface area contributed by atoms with Crippen LogP contribution in [0.3, 0.4) is 0 Å². The number of ether oxygens (including phenoxy) is 1. The number of nitrogens with zero attached hydrogens (tertiary/aromatic N) is 2. The summed E-state index contributed by atoms with van der Waals surface area (Å²) in [6.07, 6.45) is 2.37. The largest absolute Gasteiger partial charge is 0.377 e. The minimum atomic E-state index is 0.180. The fraction of sp³-hybridized carbons (Fsp3) is 0.462. The Morgan fingerprint density at radius 1 is 1.39 bits per heavy atom. The molecule has 0 bridgehead atoms. The zero-order valence-corrected chi connectivity index (χ0v) is 10.7. The van der Waals surface area contributed by atoms with Crippen molar-refractivity contribution in [2.45, 2.75) is 18.4 Å². The molecule has 1 spiro atoms. The van der Waals surface area contributed by atoms with Crippen LogP contribution in [-0.4, -0.2) is 35.5 Å². The zero-order chi connectivity index (χ0) is 12.2. The van der Waals surface area contributed by atoms with E-state index in [1.165, 1.54) is 12.8 Å². The van der Waals surface area contributed by atoms with Crippen molar-refractivity contribution in [2.24, 2.45) is 0 Å². The average Bonchev–Trinajstić information content (AvgIpc) is 3.00. The van der Waals surface area contributed by atoms with E-state index in [9.17, 15) is 0 Å². The van der Waals surface area contributed by atoms with Gasteiger partial charge in [0.15, 0.2) is 5.82 Å². The third kappa shape index (κ3) is 1.39. The van der Waals surface area contributed by atoms with Crippen molar-refractivity contribution in [3.63, 3.8) is 0 Å². The van der Waals surface area contributed by atoms with Crippen molar-refractivity contribution in [1.82, 2.24) is 10.2 Å². The number of aromatic amines is 1. The predicted octanol–water partition coefficient (Wildman–Crippen LogP) is 2.59. The topological polar surface area (TPSA) is 41.2 Å². The van der Waals surface area contributed by atoms with Crippen LogP contribution in [0.5, 0.6) is 0 Å². The molecule has 1 N–H and O–H groups in total. The lowest BCUT2D eigenvalue weighted by molar-refractivity contribution is 0.0861. The lowest BCUT2D eigenvalue weighted by Crippen LogP contribution is -2.48. The number of anilines is 1. The zero-order valence-electron chi connectivity index (χ0n) is 9.95. The van der Waals surface area contributed by atoms with Crippen LogP contribution in [0.1, 0.15) is 12.8 Å². The van der Waals surface area contributed by atoms with Gasteiger partial charge in [0.2, 0.25) is 0 Å². The number of morpholine rings is 1. The quantitative estimate of drug-likeness (QED) is 0.860. The second-order valence-electron chi connectivity index (χ2n) is 5.14. The number of H-pyrrole nitrogens is 1. The molecule has 0 unspecified atom stereocenters. The second-order valence-corrected chi connectivity index (χ2v) is 5.55. The van der Waals surface area contributed by atoms with Gasteiger partial charge in [-0.25, -0.2) is 0 Å². The number of aromatic nitrogens is 2. The Hall–Kier alpha value is -1.26. The Morgan fingerprint density at radius 3 is 3.11 bits per heavy atom. The van der Waals surface area contributed by atoms with E-state index in [2.05, 4.69) is 15.1 Å². The summed E-state index contributed by atoms with van der Waals surface area (Å²) in [5, 5.41) is 9.35. The maximum Gasteiger partial charge on any atom is 0.160 e. The Kier molecular flexibility index (Phi) is 2.14. The van der Waals surface area contributed by atoms with Crippen molar-refractivity contribution in [3.05, 3.63) is 23.2 Å². The third-order valence-corrected chi connectivity index (χ3v) is 4.32. The van der Waals surface area contributed by atoms with Crippen LogP contribution in [0.15, 0.2) is 18.2 Å². The molecule has 5 heteroatoms. The molecular formula is C13H14ClN3O. The van der Waals surface area contributed by atoms with Gasteiger partial charge in [0.05, 0.1) is 34.7 Å². The Bertz CT molecular complexity index is 605. The number of hydrogen-bond donors (Lipinski definition) is 1. The van der Waals surface area contributed by atoms with Crippen LogP contribution in [-0.2, 0) is 4.74 Å². The summed E-state index contributed by atoms with van der Waals surface area (Å²) in [4.78, 5) is 2.38. The predicted molar refractivity (Wildman–Crippen MR) is 71.2 cm³/mol. The van der Waals surface area contributed by atoms with Gasteiger partial charge >= 0.3 is 0 Å². The first-order chi connectivity index (χ1) is 8.80. The van der Waals surface area contributed by atoms with Crippen molar-refractivity contribution < 1.29 is 4.74 Å². The van der Waals surface area contributed by atoms with Crippen LogP contribution in [0.25, 0.3) is 10.9 Å². The molecule has 0 radical (unpaired) electrons. The molecule has 0 atom stereocenters. The van der Waals surface area contributed by atoms with E-state index >= 15 is 0 Å². The lowest BCUT2D eigenvalue weighted by atomic mass is 10.1. The number of halogens is 1. The van der Waals surface area contributed by atoms with E-state index in [0.29, 0.717) is 0 Å². The molecule has 1 aromatic heterocycles. The molecule has 94 valence electrons. The molecule has 4 rings (SSSR count). The fourth-order valence-corrected chi connectivity index (χ4v) is 3.09. The van der Waals surface area contributed by atoms with Gasteiger partial charge in [-0.15, -0.1) is 0 Å². The summed E-state index contributed by atoms with van der Waals surface area (Å²) in [5.41, 5.74) is 1.18. The van der Waals surface area contributed by atoms with Gasteiger partial charge < -0.3 is 9.64 Å². The van der Waals surface area contributed by atoms with Crippen LogP contribution >= 0.6 is 11.6 Å². The van der Waals surface area contributed by atoms with E-state index in [1.54, 1.807) is 0 Å². The van der Waals surface area contributed by atoms with Crippen LogP contribution < -0.4 is 4.90 Å². The second kappa shape index (κ2) is 3.62. The molecule has 1 saturated carbocycles. The van der Waals surface area contributed by atoms with Crippen LogP contribution in [0.4, 0.5) is 5.82 Å². The standard InChI is InChI=1S/C13H14ClN3O/c14-9-2-1-3-10-11(9)12(16-15-10)17-6-7-18-8-13(17)4-5-13/h1-3H,4-8H2,(H,15,16). The van der Waals surface area contributed by atoms with Gasteiger partial charge in [0.1, 0.15) is 0 Å². The summed E-state index contributed by atoms with van der Waals surface area (Å²) in [7, 11) is 0. The SMILES string of the molecule is Clc1cccc2[nH]nc(N3CCOCC34CC4)c12. The molecule has 1 saturated heterocycles. The molecule has 2 aliphatic rings. The number of rotatable bonds is 1. The Balaban J connectivity index is 1.87. The maximum absolute atomic E-state index is 6.32. The van der Waals surface area contributed by atoms with Crippen molar-refractivity contribution in [3.8, 4) is 0 Å². The van der Waals surface area contributed by atoms with Crippen molar-refractivity contribution in [1.29, 1.82) is 0 Å². The first-order valence-corrected chi connectivity index (χ1v) is 6.66. The third-order valence-electron chi connectivity index (χ3n) is 4.00. The van der Waals surface area contributed by atoms with E-state index in [4.69, 9.17) is 16.3 Å². The van der Waals surface area contributed by atoms with Crippen LogP contribution in [0, 0.1) is 0 Å². The van der Waals surface area contributed by atoms with Gasteiger partial charge in [-0.05, 0) is 25.0 Å². The molecule has 0 amide bonds. The molecule has 18 heavy (non-hydrogen) atoms. The average molecular weight is 264 g/mol. The molecule has 2 aromatic rings. The minimum Gasteiger partial charge on any atom is -0.377 e. The van der Waals surface area contributed by atoms with Gasteiger partial charge in [-0.1, -0.05) is 17.7 Å². The van der Waals surface area contributed by atoms with Gasteiger partial charge in [0, 0.05) is 6.54 Å². The highest BCUT2D eigenvalue weighted by atomic mass is 35.5. The first kappa shape index (κ1) is 10.6. The lowest BCUT2D eigenvalue weighted by Gasteiger charge is -2.36. The highest BCUT2D eigenvalue weighted by molar-refractivity contribution is 6.36. The normalized spacial score (nSPS) is 21.7. The molecule has 2 fully saturated rings. The monoisotopic (exact) mass is 263 g/mol. The molecular weight excluding hydrogens is 250 g/mol. The minimum absolute atomic E-state index is 0.180. The summed E-state index contributed by atoms with van der Waals surface area (Å²) in [5.74, 6) is 0.983.